The van der Waals surface area contributed by atoms with E-state index in [1.54, 1.807) is 18.2 Å². The van der Waals surface area contributed by atoms with Gasteiger partial charge in [-0.2, -0.15) is 0 Å². The van der Waals surface area contributed by atoms with Gasteiger partial charge in [0.05, 0.1) is 11.4 Å². The summed E-state index contributed by atoms with van der Waals surface area (Å²) in [5.41, 5.74) is 0.519. The van der Waals surface area contributed by atoms with E-state index in [9.17, 15) is 13.2 Å². The molecule has 1 aromatic rings. The molecule has 2 atom stereocenters. The van der Waals surface area contributed by atoms with Gasteiger partial charge >= 0.3 is 0 Å². The number of sulfonamides is 1. The Hall–Kier alpha value is -1.44. The second-order valence-electron chi connectivity index (χ2n) is 7.69. The van der Waals surface area contributed by atoms with Gasteiger partial charge in [0.25, 0.3) is 0 Å². The molecule has 144 valence electrons. The fourth-order valence-electron chi connectivity index (χ4n) is 4.17. The van der Waals surface area contributed by atoms with Gasteiger partial charge in [0.2, 0.25) is 15.9 Å². The Morgan fingerprint density at radius 1 is 1.19 bits per heavy atom. The van der Waals surface area contributed by atoms with Gasteiger partial charge < -0.3 is 5.32 Å². The Morgan fingerprint density at radius 2 is 1.92 bits per heavy atom. The van der Waals surface area contributed by atoms with Gasteiger partial charge in [-0.1, -0.05) is 25.3 Å². The fourth-order valence-corrected chi connectivity index (χ4v) is 5.12. The van der Waals surface area contributed by atoms with E-state index in [-0.39, 0.29) is 10.8 Å². The van der Waals surface area contributed by atoms with Crippen LogP contribution in [-0.2, 0) is 14.8 Å². The van der Waals surface area contributed by atoms with Crippen molar-refractivity contribution in [2.45, 2.75) is 37.0 Å². The summed E-state index contributed by atoms with van der Waals surface area (Å²) < 4.78 is 25.6. The number of rotatable bonds is 5. The van der Waals surface area contributed by atoms with E-state index in [4.69, 9.17) is 0 Å². The first-order valence-corrected chi connectivity index (χ1v) is 10.8. The highest BCUT2D eigenvalue weighted by Gasteiger charge is 2.31. The number of hydrogen-bond donors (Lipinski definition) is 1. The molecule has 1 aliphatic carbocycles. The molecule has 1 N–H and O–H groups in total. The lowest BCUT2D eigenvalue weighted by atomic mass is 9.75. The van der Waals surface area contributed by atoms with Crippen LogP contribution in [0.5, 0.6) is 0 Å². The SMILES string of the molecule is CN(C)S(=O)(=O)c1cccc(NC(=O)CN2CC[C@H]3CCCC[C@@H]3C2)c1. The number of fused-ring (bicyclic) bond motifs is 1. The summed E-state index contributed by atoms with van der Waals surface area (Å²) in [6.45, 7) is 2.35. The zero-order valence-corrected chi connectivity index (χ0v) is 16.5. The molecule has 1 aliphatic heterocycles. The number of nitrogens with zero attached hydrogens (tertiary/aromatic N) is 2. The highest BCUT2D eigenvalue weighted by Crippen LogP contribution is 2.35. The number of anilines is 1. The Balaban J connectivity index is 1.58. The third-order valence-corrected chi connectivity index (χ3v) is 7.45. The summed E-state index contributed by atoms with van der Waals surface area (Å²) in [7, 11) is -0.513. The zero-order valence-electron chi connectivity index (χ0n) is 15.6. The van der Waals surface area contributed by atoms with Gasteiger partial charge in [-0.25, -0.2) is 12.7 Å². The lowest BCUT2D eigenvalue weighted by molar-refractivity contribution is -0.118. The van der Waals surface area contributed by atoms with Crippen LogP contribution in [0.3, 0.4) is 0 Å². The summed E-state index contributed by atoms with van der Waals surface area (Å²) in [4.78, 5) is 14.8. The standard InChI is InChI=1S/C19H29N3O3S/c1-21(2)26(24,25)18-9-5-8-17(12-18)20-19(23)14-22-11-10-15-6-3-4-7-16(15)13-22/h5,8-9,12,15-16H,3-4,6-7,10-11,13-14H2,1-2H3,(H,20,23)/t15-,16-/m1/s1. The number of hydrogen-bond acceptors (Lipinski definition) is 4. The van der Waals surface area contributed by atoms with E-state index in [1.807, 2.05) is 0 Å². The molecule has 7 heteroatoms. The molecule has 0 aromatic heterocycles. The Labute approximate surface area is 156 Å². The first-order chi connectivity index (χ1) is 12.4. The normalized spacial score (nSPS) is 24.3. The maximum absolute atomic E-state index is 12.4. The maximum Gasteiger partial charge on any atom is 0.242 e. The van der Waals surface area contributed by atoms with E-state index < -0.39 is 10.0 Å². The van der Waals surface area contributed by atoms with Gasteiger partial charge in [0, 0.05) is 26.3 Å². The third kappa shape index (κ3) is 4.45. The second-order valence-corrected chi connectivity index (χ2v) is 9.84. The first-order valence-electron chi connectivity index (χ1n) is 9.41. The summed E-state index contributed by atoms with van der Waals surface area (Å²) in [5, 5.41) is 2.85. The zero-order chi connectivity index (χ0) is 18.7. The van der Waals surface area contributed by atoms with Crippen LogP contribution in [0.15, 0.2) is 29.2 Å². The quantitative estimate of drug-likeness (QED) is 0.853. The molecule has 1 saturated heterocycles. The molecule has 0 bridgehead atoms. The van der Waals surface area contributed by atoms with Crippen molar-refractivity contribution in [3.8, 4) is 0 Å². The van der Waals surface area contributed by atoms with Crippen LogP contribution in [0.1, 0.15) is 32.1 Å². The number of amides is 1. The maximum atomic E-state index is 12.4. The molecule has 1 amide bonds. The van der Waals surface area contributed by atoms with Crippen LogP contribution in [0.25, 0.3) is 0 Å². The minimum Gasteiger partial charge on any atom is -0.325 e. The summed E-state index contributed by atoms with van der Waals surface area (Å²) in [5.74, 6) is 1.49. The fraction of sp³-hybridized carbons (Fsp3) is 0.632. The predicted octanol–water partition coefficient (Wildman–Crippen LogP) is 2.39. The van der Waals surface area contributed by atoms with Crippen molar-refractivity contribution in [2.75, 3.05) is 39.0 Å². The van der Waals surface area contributed by atoms with Crippen LogP contribution in [-0.4, -0.2) is 57.3 Å². The van der Waals surface area contributed by atoms with Gasteiger partial charge in [0.15, 0.2) is 0 Å². The summed E-state index contributed by atoms with van der Waals surface area (Å²) in [6.07, 6.45) is 6.49. The molecule has 0 unspecified atom stereocenters. The average molecular weight is 380 g/mol. The number of carbonyl (C=O) groups excluding carboxylic acids is 1. The summed E-state index contributed by atoms with van der Waals surface area (Å²) in [6, 6.07) is 6.43. The smallest absolute Gasteiger partial charge is 0.242 e. The molecular formula is C19H29N3O3S. The minimum atomic E-state index is -3.50. The van der Waals surface area contributed by atoms with E-state index in [0.29, 0.717) is 12.2 Å². The van der Waals surface area contributed by atoms with Crippen molar-refractivity contribution in [3.05, 3.63) is 24.3 Å². The van der Waals surface area contributed by atoms with Crippen molar-refractivity contribution >= 4 is 21.6 Å². The molecule has 1 saturated carbocycles. The Bertz CT molecular complexity index is 748. The van der Waals surface area contributed by atoms with Crippen LogP contribution in [0, 0.1) is 11.8 Å². The monoisotopic (exact) mass is 379 g/mol. The number of nitrogens with one attached hydrogen (secondary N) is 1. The van der Waals surface area contributed by atoms with Crippen LogP contribution in [0.2, 0.25) is 0 Å². The molecule has 2 fully saturated rings. The van der Waals surface area contributed by atoms with Crippen LogP contribution >= 0.6 is 0 Å². The minimum absolute atomic E-state index is 0.0846. The predicted molar refractivity (Wildman–Crippen MR) is 102 cm³/mol. The summed E-state index contributed by atoms with van der Waals surface area (Å²) >= 11 is 0. The van der Waals surface area contributed by atoms with Crippen molar-refractivity contribution in [1.29, 1.82) is 0 Å². The highest BCUT2D eigenvalue weighted by molar-refractivity contribution is 7.89. The highest BCUT2D eigenvalue weighted by atomic mass is 32.2. The van der Waals surface area contributed by atoms with Crippen LogP contribution in [0.4, 0.5) is 5.69 Å². The van der Waals surface area contributed by atoms with E-state index >= 15 is 0 Å². The van der Waals surface area contributed by atoms with E-state index in [0.717, 1.165) is 24.9 Å². The second kappa shape index (κ2) is 8.06. The third-order valence-electron chi connectivity index (χ3n) is 5.64. The topological polar surface area (TPSA) is 69.7 Å². The largest absolute Gasteiger partial charge is 0.325 e. The average Bonchev–Trinajstić information content (AvgIpc) is 2.61. The molecule has 2 aliphatic rings. The first kappa shape index (κ1) is 19.3. The van der Waals surface area contributed by atoms with Crippen molar-refractivity contribution in [3.63, 3.8) is 0 Å². The van der Waals surface area contributed by atoms with Gasteiger partial charge in [0.1, 0.15) is 0 Å². The van der Waals surface area contributed by atoms with Gasteiger partial charge in [-0.3, -0.25) is 9.69 Å². The van der Waals surface area contributed by atoms with Gasteiger partial charge in [-0.05, 0) is 49.4 Å². The molecule has 0 radical (unpaired) electrons. The van der Waals surface area contributed by atoms with Crippen molar-refractivity contribution < 1.29 is 13.2 Å². The lowest BCUT2D eigenvalue weighted by Gasteiger charge is -2.41. The molecule has 26 heavy (non-hydrogen) atoms. The molecule has 6 nitrogen and oxygen atoms in total. The van der Waals surface area contributed by atoms with E-state index in [2.05, 4.69) is 10.2 Å². The molecule has 1 aromatic carbocycles. The van der Waals surface area contributed by atoms with Crippen molar-refractivity contribution in [2.24, 2.45) is 11.8 Å². The lowest BCUT2D eigenvalue weighted by Crippen LogP contribution is -2.44. The van der Waals surface area contributed by atoms with Crippen LogP contribution < -0.4 is 5.32 Å². The molecule has 1 heterocycles. The van der Waals surface area contributed by atoms with E-state index in [1.165, 1.54) is 56.6 Å². The Morgan fingerprint density at radius 3 is 2.65 bits per heavy atom. The van der Waals surface area contributed by atoms with Crippen molar-refractivity contribution in [1.82, 2.24) is 9.21 Å². The number of likely N-dealkylation sites (tertiary alicyclic amines) is 1. The Kier molecular flexibility index (Phi) is 5.99. The number of carbonyl (C=O) groups is 1. The number of piperidine rings is 1. The molecule has 3 rings (SSSR count). The molecular weight excluding hydrogens is 350 g/mol. The molecule has 0 spiro atoms. The van der Waals surface area contributed by atoms with Gasteiger partial charge in [-0.15, -0.1) is 0 Å². The number of benzene rings is 1.